The Balaban J connectivity index is 2.58. The molecule has 0 fully saturated rings. The highest BCUT2D eigenvalue weighted by molar-refractivity contribution is 7.10. The van der Waals surface area contributed by atoms with Gasteiger partial charge in [0, 0.05) is 16.1 Å². The van der Waals surface area contributed by atoms with Gasteiger partial charge in [-0.15, -0.1) is 11.3 Å². The molecule has 0 saturated heterocycles. The van der Waals surface area contributed by atoms with E-state index in [1.54, 1.807) is 23.5 Å². The molecule has 0 aliphatic rings. The van der Waals surface area contributed by atoms with Crippen LogP contribution < -0.4 is 5.73 Å². The van der Waals surface area contributed by atoms with E-state index < -0.39 is 0 Å². The van der Waals surface area contributed by atoms with Gasteiger partial charge in [0.15, 0.2) is 0 Å². The summed E-state index contributed by atoms with van der Waals surface area (Å²) >= 11 is 1.61. The first-order chi connectivity index (χ1) is 6.68. The van der Waals surface area contributed by atoms with Crippen molar-refractivity contribution in [3.63, 3.8) is 0 Å². The molecule has 72 valence electrons. The highest BCUT2D eigenvalue weighted by Gasteiger charge is 2.08. The molecule has 0 saturated carbocycles. The zero-order chi connectivity index (χ0) is 10.1. The summed E-state index contributed by atoms with van der Waals surface area (Å²) in [5, 5.41) is 1.96. The Bertz CT molecular complexity index is 462. The van der Waals surface area contributed by atoms with Crippen LogP contribution in [0, 0.1) is 12.7 Å². The standard InChI is InChI=1S/C11H10FNS/c1-7-9(4-5-14-7)10-3-2-8(13)6-11(10)12/h2-6H,13H2,1H3. The van der Waals surface area contributed by atoms with Crippen molar-refractivity contribution in [3.05, 3.63) is 40.3 Å². The Hall–Kier alpha value is -1.35. The monoisotopic (exact) mass is 207 g/mol. The lowest BCUT2D eigenvalue weighted by Crippen LogP contribution is -1.89. The molecule has 0 bridgehead atoms. The number of thiophene rings is 1. The predicted octanol–water partition coefficient (Wildman–Crippen LogP) is 3.44. The number of halogens is 1. The van der Waals surface area contributed by atoms with Crippen molar-refractivity contribution >= 4 is 17.0 Å². The lowest BCUT2D eigenvalue weighted by atomic mass is 10.1. The second-order valence-corrected chi connectivity index (χ2v) is 4.25. The molecular weight excluding hydrogens is 197 g/mol. The molecule has 1 heterocycles. The van der Waals surface area contributed by atoms with E-state index in [0.717, 1.165) is 10.4 Å². The number of nitrogens with two attached hydrogens (primary N) is 1. The fourth-order valence-corrected chi connectivity index (χ4v) is 2.13. The first-order valence-electron chi connectivity index (χ1n) is 4.28. The Kier molecular flexibility index (Phi) is 2.25. The number of hydrogen-bond donors (Lipinski definition) is 1. The molecule has 0 atom stereocenters. The molecule has 2 rings (SSSR count). The zero-order valence-corrected chi connectivity index (χ0v) is 8.57. The van der Waals surface area contributed by atoms with Gasteiger partial charge in [-0.2, -0.15) is 0 Å². The lowest BCUT2D eigenvalue weighted by Gasteiger charge is -2.03. The van der Waals surface area contributed by atoms with E-state index in [4.69, 9.17) is 5.73 Å². The smallest absolute Gasteiger partial charge is 0.133 e. The molecular formula is C11H10FNS. The minimum absolute atomic E-state index is 0.258. The van der Waals surface area contributed by atoms with Crippen LogP contribution in [0.4, 0.5) is 10.1 Å². The molecule has 1 nitrogen and oxygen atoms in total. The second-order valence-electron chi connectivity index (χ2n) is 3.13. The quantitative estimate of drug-likeness (QED) is 0.712. The maximum absolute atomic E-state index is 13.5. The van der Waals surface area contributed by atoms with E-state index >= 15 is 0 Å². The summed E-state index contributed by atoms with van der Waals surface area (Å²) in [7, 11) is 0. The number of rotatable bonds is 1. The summed E-state index contributed by atoms with van der Waals surface area (Å²) in [6.45, 7) is 1.98. The van der Waals surface area contributed by atoms with Crippen molar-refractivity contribution < 1.29 is 4.39 Å². The Morgan fingerprint density at radius 1 is 1.21 bits per heavy atom. The van der Waals surface area contributed by atoms with Crippen LogP contribution in [0.2, 0.25) is 0 Å². The highest BCUT2D eigenvalue weighted by Crippen LogP contribution is 2.30. The third-order valence-electron chi connectivity index (χ3n) is 2.14. The molecule has 0 aliphatic carbocycles. The predicted molar refractivity (Wildman–Crippen MR) is 58.9 cm³/mol. The van der Waals surface area contributed by atoms with Crippen molar-refractivity contribution in [1.29, 1.82) is 0 Å². The second kappa shape index (κ2) is 3.42. The van der Waals surface area contributed by atoms with Crippen molar-refractivity contribution in [2.75, 3.05) is 5.73 Å². The number of hydrogen-bond acceptors (Lipinski definition) is 2. The van der Waals surface area contributed by atoms with Gasteiger partial charge < -0.3 is 5.73 Å². The summed E-state index contributed by atoms with van der Waals surface area (Å²) in [4.78, 5) is 1.12. The lowest BCUT2D eigenvalue weighted by molar-refractivity contribution is 0.632. The number of nitrogen functional groups attached to an aromatic ring is 1. The minimum Gasteiger partial charge on any atom is -0.399 e. The Morgan fingerprint density at radius 2 is 2.00 bits per heavy atom. The van der Waals surface area contributed by atoms with Crippen LogP contribution >= 0.6 is 11.3 Å². The van der Waals surface area contributed by atoms with Crippen molar-refractivity contribution in [1.82, 2.24) is 0 Å². The molecule has 14 heavy (non-hydrogen) atoms. The molecule has 2 aromatic rings. The van der Waals surface area contributed by atoms with Crippen LogP contribution in [-0.4, -0.2) is 0 Å². The van der Waals surface area contributed by atoms with Gasteiger partial charge in [-0.25, -0.2) is 4.39 Å². The zero-order valence-electron chi connectivity index (χ0n) is 7.75. The molecule has 0 spiro atoms. The minimum atomic E-state index is -0.258. The molecule has 0 aliphatic heterocycles. The first kappa shape index (κ1) is 9.21. The van der Waals surface area contributed by atoms with Crippen LogP contribution in [-0.2, 0) is 0 Å². The van der Waals surface area contributed by atoms with E-state index in [2.05, 4.69) is 0 Å². The summed E-state index contributed by atoms with van der Waals surface area (Å²) < 4.78 is 13.5. The van der Waals surface area contributed by atoms with Gasteiger partial charge >= 0.3 is 0 Å². The van der Waals surface area contributed by atoms with Crippen LogP contribution in [0.1, 0.15) is 4.88 Å². The van der Waals surface area contributed by atoms with Gasteiger partial charge in [0.05, 0.1) is 0 Å². The van der Waals surface area contributed by atoms with E-state index in [-0.39, 0.29) is 5.82 Å². The maximum Gasteiger partial charge on any atom is 0.133 e. The Labute approximate surface area is 86.0 Å². The SMILES string of the molecule is Cc1sccc1-c1ccc(N)cc1F. The summed E-state index contributed by atoms with van der Waals surface area (Å²) in [6.07, 6.45) is 0. The fourth-order valence-electron chi connectivity index (χ4n) is 1.41. The van der Waals surface area contributed by atoms with Gasteiger partial charge in [0.1, 0.15) is 5.82 Å². The largest absolute Gasteiger partial charge is 0.399 e. The third kappa shape index (κ3) is 1.51. The van der Waals surface area contributed by atoms with E-state index in [1.807, 2.05) is 18.4 Å². The van der Waals surface area contributed by atoms with Gasteiger partial charge in [0.25, 0.3) is 0 Å². The highest BCUT2D eigenvalue weighted by atomic mass is 32.1. The fraction of sp³-hybridized carbons (Fsp3) is 0.0909. The van der Waals surface area contributed by atoms with Gasteiger partial charge in [-0.3, -0.25) is 0 Å². The molecule has 1 aromatic carbocycles. The average Bonchev–Trinajstić information content (AvgIpc) is 2.52. The molecule has 3 heteroatoms. The Morgan fingerprint density at radius 3 is 2.57 bits per heavy atom. The summed E-state index contributed by atoms with van der Waals surface area (Å²) in [5.74, 6) is -0.258. The number of benzene rings is 1. The van der Waals surface area contributed by atoms with Crippen molar-refractivity contribution in [3.8, 4) is 11.1 Å². The topological polar surface area (TPSA) is 26.0 Å². The van der Waals surface area contributed by atoms with Gasteiger partial charge in [0.2, 0.25) is 0 Å². The van der Waals surface area contributed by atoms with Crippen LogP contribution in [0.5, 0.6) is 0 Å². The average molecular weight is 207 g/mol. The molecule has 0 unspecified atom stereocenters. The van der Waals surface area contributed by atoms with Crippen LogP contribution in [0.15, 0.2) is 29.6 Å². The van der Waals surface area contributed by atoms with Crippen LogP contribution in [0.3, 0.4) is 0 Å². The molecule has 1 aromatic heterocycles. The molecule has 0 amide bonds. The van der Waals surface area contributed by atoms with Gasteiger partial charge in [-0.1, -0.05) is 0 Å². The van der Waals surface area contributed by atoms with E-state index in [9.17, 15) is 4.39 Å². The van der Waals surface area contributed by atoms with Gasteiger partial charge in [-0.05, 0) is 42.1 Å². The van der Waals surface area contributed by atoms with E-state index in [0.29, 0.717) is 11.3 Å². The normalized spacial score (nSPS) is 10.4. The first-order valence-corrected chi connectivity index (χ1v) is 5.16. The molecule has 0 radical (unpaired) electrons. The van der Waals surface area contributed by atoms with Crippen molar-refractivity contribution in [2.24, 2.45) is 0 Å². The number of anilines is 1. The van der Waals surface area contributed by atoms with Crippen molar-refractivity contribution in [2.45, 2.75) is 6.92 Å². The maximum atomic E-state index is 13.5. The molecule has 2 N–H and O–H groups in total. The number of aryl methyl sites for hydroxylation is 1. The van der Waals surface area contributed by atoms with E-state index in [1.165, 1.54) is 6.07 Å². The van der Waals surface area contributed by atoms with Crippen LogP contribution in [0.25, 0.3) is 11.1 Å². The third-order valence-corrected chi connectivity index (χ3v) is 2.99. The summed E-state index contributed by atoms with van der Waals surface area (Å²) in [6, 6.07) is 6.72. The summed E-state index contributed by atoms with van der Waals surface area (Å²) in [5.41, 5.74) is 7.51.